The number of hydrogen-bond donors (Lipinski definition) is 0. The fraction of sp³-hybridized carbons (Fsp3) is 0.667. The molecule has 100 valence electrons. The Morgan fingerprint density at radius 1 is 1.50 bits per heavy atom. The first kappa shape index (κ1) is 13.9. The number of anilines is 1. The molecule has 0 aromatic carbocycles. The summed E-state index contributed by atoms with van der Waals surface area (Å²) in [6.07, 6.45) is 4.40. The van der Waals surface area contributed by atoms with Gasteiger partial charge in [0.25, 0.3) is 0 Å². The second-order valence-electron chi connectivity index (χ2n) is 4.70. The summed E-state index contributed by atoms with van der Waals surface area (Å²) in [5, 5.41) is 1.24. The van der Waals surface area contributed by atoms with Gasteiger partial charge in [-0.3, -0.25) is 0 Å². The second-order valence-corrected chi connectivity index (χ2v) is 5.87. The Balaban J connectivity index is 2.16. The van der Waals surface area contributed by atoms with E-state index in [-0.39, 0.29) is 0 Å². The lowest BCUT2D eigenvalue weighted by Gasteiger charge is -2.36. The number of likely N-dealkylation sites (N-methyl/N-ethyl adjacent to an activating group) is 2. The molecule has 4 nitrogen and oxygen atoms in total. The monoisotopic (exact) mass is 286 g/mol. The van der Waals surface area contributed by atoms with Gasteiger partial charge in [0.2, 0.25) is 0 Å². The third-order valence-corrected chi connectivity index (χ3v) is 4.09. The van der Waals surface area contributed by atoms with E-state index in [1.807, 2.05) is 12.3 Å². The molecular formula is C12H19ClN4S. The van der Waals surface area contributed by atoms with Crippen LogP contribution in [-0.4, -0.2) is 54.4 Å². The molecule has 1 fully saturated rings. The average molecular weight is 287 g/mol. The highest BCUT2D eigenvalue weighted by molar-refractivity contribution is 7.98. The van der Waals surface area contributed by atoms with Crippen LogP contribution in [0.1, 0.15) is 12.8 Å². The first-order valence-electron chi connectivity index (χ1n) is 6.10. The van der Waals surface area contributed by atoms with Crippen LogP contribution in [0.3, 0.4) is 0 Å². The van der Waals surface area contributed by atoms with Crippen LogP contribution in [0, 0.1) is 0 Å². The minimum absolute atomic E-state index is 0.504. The standard InChI is InChI=1S/C12H19ClN4S/c1-16-6-4-5-9(8-16)17(2)11-7-10(13)14-12(15-11)18-3/h7,9H,4-6,8H2,1-3H3. The lowest BCUT2D eigenvalue weighted by atomic mass is 10.1. The molecule has 2 heterocycles. The van der Waals surface area contributed by atoms with Crippen molar-refractivity contribution in [3.8, 4) is 0 Å². The van der Waals surface area contributed by atoms with Crippen LogP contribution < -0.4 is 4.90 Å². The quantitative estimate of drug-likeness (QED) is 0.484. The number of thioether (sulfide) groups is 1. The smallest absolute Gasteiger partial charge is 0.190 e. The fourth-order valence-corrected chi connectivity index (χ4v) is 2.90. The summed E-state index contributed by atoms with van der Waals surface area (Å²) in [5.41, 5.74) is 0. The van der Waals surface area contributed by atoms with E-state index >= 15 is 0 Å². The normalized spacial score (nSPS) is 21.0. The van der Waals surface area contributed by atoms with Gasteiger partial charge in [-0.2, -0.15) is 0 Å². The van der Waals surface area contributed by atoms with Crippen molar-refractivity contribution in [3.05, 3.63) is 11.2 Å². The third-order valence-electron chi connectivity index (χ3n) is 3.35. The highest BCUT2D eigenvalue weighted by Gasteiger charge is 2.22. The van der Waals surface area contributed by atoms with Gasteiger partial charge in [0, 0.05) is 25.7 Å². The molecule has 1 unspecified atom stereocenters. The Hall–Kier alpha value is -0.520. The highest BCUT2D eigenvalue weighted by Crippen LogP contribution is 2.23. The van der Waals surface area contributed by atoms with Crippen LogP contribution in [0.2, 0.25) is 5.15 Å². The number of nitrogens with zero attached hydrogens (tertiary/aromatic N) is 4. The van der Waals surface area contributed by atoms with Gasteiger partial charge in [0.15, 0.2) is 5.16 Å². The predicted molar refractivity (Wildman–Crippen MR) is 77.7 cm³/mol. The molecule has 2 rings (SSSR count). The van der Waals surface area contributed by atoms with Gasteiger partial charge in [-0.1, -0.05) is 23.4 Å². The summed E-state index contributed by atoms with van der Waals surface area (Å²) in [5.74, 6) is 0.916. The molecule has 6 heteroatoms. The maximum absolute atomic E-state index is 6.04. The topological polar surface area (TPSA) is 32.3 Å². The fourth-order valence-electron chi connectivity index (χ4n) is 2.30. The van der Waals surface area contributed by atoms with E-state index in [1.165, 1.54) is 31.1 Å². The zero-order valence-electron chi connectivity index (χ0n) is 11.1. The van der Waals surface area contributed by atoms with E-state index in [2.05, 4.69) is 33.9 Å². The summed E-state index contributed by atoms with van der Waals surface area (Å²) >= 11 is 7.56. The summed E-state index contributed by atoms with van der Waals surface area (Å²) < 4.78 is 0. The van der Waals surface area contributed by atoms with E-state index in [1.54, 1.807) is 0 Å². The number of likely N-dealkylation sites (tertiary alicyclic amines) is 1. The molecule has 0 radical (unpaired) electrons. The summed E-state index contributed by atoms with van der Waals surface area (Å²) in [6, 6.07) is 2.35. The van der Waals surface area contributed by atoms with Gasteiger partial charge < -0.3 is 9.80 Å². The Kier molecular flexibility index (Phi) is 4.70. The molecule has 1 aliphatic heterocycles. The molecule has 0 bridgehead atoms. The van der Waals surface area contributed by atoms with Gasteiger partial charge >= 0.3 is 0 Å². The number of piperidine rings is 1. The van der Waals surface area contributed by atoms with Crippen LogP contribution in [0.15, 0.2) is 11.2 Å². The zero-order valence-corrected chi connectivity index (χ0v) is 12.6. The summed E-state index contributed by atoms with van der Waals surface area (Å²) in [6.45, 7) is 2.26. The van der Waals surface area contributed by atoms with E-state index < -0.39 is 0 Å². The molecule has 1 saturated heterocycles. The molecule has 0 amide bonds. The Labute approximate surface area is 118 Å². The lowest BCUT2D eigenvalue weighted by Crippen LogP contribution is -2.45. The molecular weight excluding hydrogens is 268 g/mol. The molecule has 0 saturated carbocycles. The van der Waals surface area contributed by atoms with Crippen molar-refractivity contribution >= 4 is 29.2 Å². The summed E-state index contributed by atoms with van der Waals surface area (Å²) in [4.78, 5) is 13.3. The van der Waals surface area contributed by atoms with E-state index in [0.29, 0.717) is 11.2 Å². The van der Waals surface area contributed by atoms with Crippen molar-refractivity contribution in [2.45, 2.75) is 24.0 Å². The summed E-state index contributed by atoms with van der Waals surface area (Å²) in [7, 11) is 4.26. The Bertz CT molecular complexity index is 415. The van der Waals surface area contributed by atoms with Crippen LogP contribution in [0.25, 0.3) is 0 Å². The van der Waals surface area contributed by atoms with Crippen molar-refractivity contribution in [1.82, 2.24) is 14.9 Å². The molecule has 1 atom stereocenters. The SMILES string of the molecule is CSc1nc(Cl)cc(N(C)C2CCCN(C)C2)n1. The van der Waals surface area contributed by atoms with Gasteiger partial charge in [0.1, 0.15) is 11.0 Å². The van der Waals surface area contributed by atoms with E-state index in [0.717, 1.165) is 17.5 Å². The van der Waals surface area contributed by atoms with Crippen LogP contribution in [0.5, 0.6) is 0 Å². The zero-order chi connectivity index (χ0) is 13.1. The molecule has 1 aromatic rings. The maximum atomic E-state index is 6.04. The predicted octanol–water partition coefficient (Wildman–Crippen LogP) is 2.38. The molecule has 1 aromatic heterocycles. The Morgan fingerprint density at radius 3 is 2.94 bits per heavy atom. The minimum atomic E-state index is 0.504. The maximum Gasteiger partial charge on any atom is 0.190 e. The van der Waals surface area contributed by atoms with Gasteiger partial charge in [0.05, 0.1) is 0 Å². The van der Waals surface area contributed by atoms with Gasteiger partial charge in [-0.15, -0.1) is 0 Å². The van der Waals surface area contributed by atoms with Crippen molar-refractivity contribution < 1.29 is 0 Å². The van der Waals surface area contributed by atoms with Crippen molar-refractivity contribution in [2.24, 2.45) is 0 Å². The molecule has 18 heavy (non-hydrogen) atoms. The van der Waals surface area contributed by atoms with Gasteiger partial charge in [-0.05, 0) is 32.7 Å². The second kappa shape index (κ2) is 6.08. The van der Waals surface area contributed by atoms with Crippen LogP contribution in [0.4, 0.5) is 5.82 Å². The van der Waals surface area contributed by atoms with Crippen molar-refractivity contribution in [3.63, 3.8) is 0 Å². The minimum Gasteiger partial charge on any atom is -0.355 e. The van der Waals surface area contributed by atoms with Crippen LogP contribution >= 0.6 is 23.4 Å². The van der Waals surface area contributed by atoms with Crippen molar-refractivity contribution in [2.75, 3.05) is 38.3 Å². The van der Waals surface area contributed by atoms with Gasteiger partial charge in [-0.25, -0.2) is 9.97 Å². The molecule has 0 aliphatic carbocycles. The number of halogens is 1. The first-order valence-corrected chi connectivity index (χ1v) is 7.70. The van der Waals surface area contributed by atoms with Crippen molar-refractivity contribution in [1.29, 1.82) is 0 Å². The number of hydrogen-bond acceptors (Lipinski definition) is 5. The largest absolute Gasteiger partial charge is 0.355 e. The highest BCUT2D eigenvalue weighted by atomic mass is 35.5. The van der Waals surface area contributed by atoms with Crippen LogP contribution in [-0.2, 0) is 0 Å². The molecule has 1 aliphatic rings. The van der Waals surface area contributed by atoms with E-state index in [4.69, 9.17) is 11.6 Å². The third kappa shape index (κ3) is 3.28. The molecule has 0 spiro atoms. The number of aromatic nitrogens is 2. The van der Waals surface area contributed by atoms with E-state index in [9.17, 15) is 0 Å². The number of rotatable bonds is 3. The average Bonchev–Trinajstić information content (AvgIpc) is 2.37. The lowest BCUT2D eigenvalue weighted by molar-refractivity contribution is 0.247. The Morgan fingerprint density at radius 2 is 2.28 bits per heavy atom. The first-order chi connectivity index (χ1) is 8.60. The molecule has 0 N–H and O–H groups in total.